The van der Waals surface area contributed by atoms with Gasteiger partial charge in [0.25, 0.3) is 0 Å². The quantitative estimate of drug-likeness (QED) is 0.874. The van der Waals surface area contributed by atoms with Crippen LogP contribution in [0, 0.1) is 0 Å². The Morgan fingerprint density at radius 1 is 1.47 bits per heavy atom. The lowest BCUT2D eigenvalue weighted by molar-refractivity contribution is 0.235. The molecule has 0 radical (unpaired) electrons. The molecule has 1 saturated heterocycles. The molecular weight excluding hydrogens is 298 g/mol. The molecule has 2 rings (SSSR count). The van der Waals surface area contributed by atoms with Crippen LogP contribution in [0.15, 0.2) is 15.9 Å². The number of nitrogens with zero attached hydrogens (tertiary/aromatic N) is 1. The van der Waals surface area contributed by atoms with Gasteiger partial charge in [-0.3, -0.25) is 0 Å². The van der Waals surface area contributed by atoms with Crippen molar-refractivity contribution < 1.29 is 0 Å². The highest BCUT2D eigenvalue weighted by atomic mass is 79.9. The lowest BCUT2D eigenvalue weighted by Crippen LogP contribution is -2.43. The van der Waals surface area contributed by atoms with E-state index < -0.39 is 0 Å². The second-order valence-electron chi connectivity index (χ2n) is 4.51. The topological polar surface area (TPSA) is 41.3 Å². The molecule has 1 unspecified atom stereocenters. The summed E-state index contributed by atoms with van der Waals surface area (Å²) in [6, 6.07) is 2.34. The van der Waals surface area contributed by atoms with E-state index in [0.717, 1.165) is 24.0 Å². The average molecular weight is 318 g/mol. The minimum atomic E-state index is 0.203. The molecule has 1 aromatic heterocycles. The summed E-state index contributed by atoms with van der Waals surface area (Å²) in [5, 5.41) is 5.48. The van der Waals surface area contributed by atoms with Gasteiger partial charge < -0.3 is 16.0 Å². The summed E-state index contributed by atoms with van der Waals surface area (Å²) in [7, 11) is 0. The summed E-state index contributed by atoms with van der Waals surface area (Å²) in [6.07, 6.45) is 2.27. The van der Waals surface area contributed by atoms with Gasteiger partial charge in [-0.15, -0.1) is 11.3 Å². The number of nitrogens with two attached hydrogens (primary N) is 1. The molecule has 0 spiro atoms. The van der Waals surface area contributed by atoms with E-state index in [2.05, 4.69) is 37.6 Å². The molecule has 0 aliphatic carbocycles. The minimum absolute atomic E-state index is 0.203. The van der Waals surface area contributed by atoms with Gasteiger partial charge in [0, 0.05) is 47.0 Å². The molecule has 0 saturated carbocycles. The number of rotatable bonds is 5. The van der Waals surface area contributed by atoms with Crippen LogP contribution < -0.4 is 11.1 Å². The monoisotopic (exact) mass is 317 g/mol. The summed E-state index contributed by atoms with van der Waals surface area (Å²) in [5.74, 6) is 0. The van der Waals surface area contributed by atoms with Crippen LogP contribution in [0.1, 0.15) is 23.8 Å². The molecule has 3 nitrogen and oxygen atoms in total. The predicted octanol–water partition coefficient (Wildman–Crippen LogP) is 2.20. The van der Waals surface area contributed by atoms with Gasteiger partial charge in [0.2, 0.25) is 0 Å². The smallest absolute Gasteiger partial charge is 0.0390 e. The van der Waals surface area contributed by atoms with Crippen molar-refractivity contribution in [2.75, 3.05) is 32.7 Å². The number of halogens is 1. The molecule has 0 bridgehead atoms. The molecule has 1 fully saturated rings. The van der Waals surface area contributed by atoms with E-state index >= 15 is 0 Å². The van der Waals surface area contributed by atoms with Crippen LogP contribution >= 0.6 is 27.3 Å². The molecular formula is C12H20BrN3S. The van der Waals surface area contributed by atoms with Gasteiger partial charge in [-0.05, 0) is 41.4 Å². The third-order valence-corrected chi connectivity index (χ3v) is 4.98. The highest BCUT2D eigenvalue weighted by Crippen LogP contribution is 2.26. The van der Waals surface area contributed by atoms with E-state index in [9.17, 15) is 0 Å². The van der Waals surface area contributed by atoms with Crippen molar-refractivity contribution in [1.29, 1.82) is 0 Å². The lowest BCUT2D eigenvalue weighted by Gasteiger charge is -2.27. The zero-order valence-electron chi connectivity index (χ0n) is 9.99. The largest absolute Gasteiger partial charge is 0.323 e. The average Bonchev–Trinajstić information content (AvgIpc) is 2.77. The van der Waals surface area contributed by atoms with Crippen molar-refractivity contribution in [3.63, 3.8) is 0 Å². The summed E-state index contributed by atoms with van der Waals surface area (Å²) < 4.78 is 1.15. The standard InChI is InChI=1S/C12H20BrN3S/c13-10-8-12(17-9-10)11(14)2-1-5-16-6-3-15-4-7-16/h8-9,11,15H,1-7,14H2. The summed E-state index contributed by atoms with van der Waals surface area (Å²) in [5.41, 5.74) is 6.18. The molecule has 1 aliphatic heterocycles. The molecule has 0 aromatic carbocycles. The van der Waals surface area contributed by atoms with E-state index in [1.54, 1.807) is 11.3 Å². The van der Waals surface area contributed by atoms with Gasteiger partial charge in [-0.2, -0.15) is 0 Å². The Bertz CT molecular complexity index is 336. The zero-order chi connectivity index (χ0) is 12.1. The molecule has 0 amide bonds. The van der Waals surface area contributed by atoms with Crippen molar-refractivity contribution in [3.05, 3.63) is 20.8 Å². The van der Waals surface area contributed by atoms with Crippen LogP contribution in [0.2, 0.25) is 0 Å². The third kappa shape index (κ3) is 4.34. The molecule has 1 aromatic rings. The Labute approximate surface area is 116 Å². The van der Waals surface area contributed by atoms with Crippen molar-refractivity contribution in [1.82, 2.24) is 10.2 Å². The normalized spacial score (nSPS) is 19.4. The molecule has 17 heavy (non-hydrogen) atoms. The van der Waals surface area contributed by atoms with Crippen LogP contribution in [-0.2, 0) is 0 Å². The Morgan fingerprint density at radius 2 is 2.24 bits per heavy atom. The number of hydrogen-bond acceptors (Lipinski definition) is 4. The first-order chi connectivity index (χ1) is 8.25. The first-order valence-electron chi connectivity index (χ1n) is 6.18. The van der Waals surface area contributed by atoms with Gasteiger partial charge in [-0.25, -0.2) is 0 Å². The van der Waals surface area contributed by atoms with E-state index in [0.29, 0.717) is 0 Å². The summed E-state index contributed by atoms with van der Waals surface area (Å²) in [4.78, 5) is 3.81. The molecule has 3 N–H and O–H groups in total. The van der Waals surface area contributed by atoms with Crippen LogP contribution in [0.3, 0.4) is 0 Å². The fraction of sp³-hybridized carbons (Fsp3) is 0.667. The molecule has 96 valence electrons. The van der Waals surface area contributed by atoms with Gasteiger partial charge in [0.05, 0.1) is 0 Å². The van der Waals surface area contributed by atoms with E-state index in [1.165, 1.54) is 30.9 Å². The van der Waals surface area contributed by atoms with Crippen molar-refractivity contribution in [2.24, 2.45) is 5.73 Å². The number of piperazine rings is 1. The molecule has 1 aliphatic rings. The van der Waals surface area contributed by atoms with Gasteiger partial charge in [0.1, 0.15) is 0 Å². The van der Waals surface area contributed by atoms with Gasteiger partial charge in [0.15, 0.2) is 0 Å². The fourth-order valence-corrected chi connectivity index (χ4v) is 3.62. The number of hydrogen-bond donors (Lipinski definition) is 2. The minimum Gasteiger partial charge on any atom is -0.323 e. The highest BCUT2D eigenvalue weighted by molar-refractivity contribution is 9.10. The van der Waals surface area contributed by atoms with Crippen LogP contribution in [0.4, 0.5) is 0 Å². The van der Waals surface area contributed by atoms with Crippen molar-refractivity contribution in [2.45, 2.75) is 18.9 Å². The number of nitrogens with one attached hydrogen (secondary N) is 1. The molecule has 2 heterocycles. The summed E-state index contributed by atoms with van der Waals surface area (Å²) >= 11 is 5.22. The van der Waals surface area contributed by atoms with E-state index in [1.807, 2.05) is 0 Å². The first kappa shape index (κ1) is 13.5. The summed E-state index contributed by atoms with van der Waals surface area (Å²) in [6.45, 7) is 5.80. The van der Waals surface area contributed by atoms with Crippen LogP contribution in [-0.4, -0.2) is 37.6 Å². The Kier molecular flexibility index (Phi) is 5.44. The predicted molar refractivity (Wildman–Crippen MR) is 77.5 cm³/mol. The van der Waals surface area contributed by atoms with E-state index in [4.69, 9.17) is 5.73 Å². The highest BCUT2D eigenvalue weighted by Gasteiger charge is 2.11. The molecule has 1 atom stereocenters. The maximum Gasteiger partial charge on any atom is 0.0390 e. The second-order valence-corrected chi connectivity index (χ2v) is 6.37. The van der Waals surface area contributed by atoms with Crippen LogP contribution in [0.25, 0.3) is 0 Å². The third-order valence-electron chi connectivity index (χ3n) is 3.15. The van der Waals surface area contributed by atoms with E-state index in [-0.39, 0.29) is 6.04 Å². The Hall–Kier alpha value is 0.0600. The Balaban J connectivity index is 1.67. The van der Waals surface area contributed by atoms with Crippen molar-refractivity contribution >= 4 is 27.3 Å². The second kappa shape index (κ2) is 6.85. The number of thiophene rings is 1. The maximum atomic E-state index is 6.18. The van der Waals surface area contributed by atoms with Gasteiger partial charge >= 0.3 is 0 Å². The SMILES string of the molecule is NC(CCCN1CCNCC1)c1cc(Br)cs1. The van der Waals surface area contributed by atoms with Crippen molar-refractivity contribution in [3.8, 4) is 0 Å². The first-order valence-corrected chi connectivity index (χ1v) is 7.85. The maximum absolute atomic E-state index is 6.18. The van der Waals surface area contributed by atoms with Crippen LogP contribution in [0.5, 0.6) is 0 Å². The lowest BCUT2D eigenvalue weighted by atomic mass is 10.1. The zero-order valence-corrected chi connectivity index (χ0v) is 12.4. The molecule has 5 heteroatoms. The Morgan fingerprint density at radius 3 is 2.88 bits per heavy atom. The van der Waals surface area contributed by atoms with Gasteiger partial charge in [-0.1, -0.05) is 0 Å². The fourth-order valence-electron chi connectivity index (χ4n) is 2.13.